The van der Waals surface area contributed by atoms with Gasteiger partial charge in [0.25, 0.3) is 0 Å². The summed E-state index contributed by atoms with van der Waals surface area (Å²) in [5.41, 5.74) is 0. The van der Waals surface area contributed by atoms with Crippen LogP contribution < -0.4 is 0 Å². The molecule has 0 amide bonds. The zero-order valence-electron chi connectivity index (χ0n) is 6.25. The summed E-state index contributed by atoms with van der Waals surface area (Å²) in [6.45, 7) is 7.60. The van der Waals surface area contributed by atoms with Crippen molar-refractivity contribution in [3.05, 3.63) is 25.3 Å². The Balaban J connectivity index is 2.38. The summed E-state index contributed by atoms with van der Waals surface area (Å²) < 4.78 is 0. The molecule has 0 saturated carbocycles. The van der Waals surface area contributed by atoms with Crippen LogP contribution in [0.1, 0.15) is 19.3 Å². The molecule has 1 saturated heterocycles. The Hall–Kier alpha value is -0.170. The van der Waals surface area contributed by atoms with Crippen LogP contribution in [0.4, 0.5) is 0 Å². The predicted molar refractivity (Wildman–Crippen MR) is 49.4 cm³/mol. The summed E-state index contributed by atoms with van der Waals surface area (Å²) in [6, 6.07) is 0. The molecule has 0 radical (unpaired) electrons. The maximum Gasteiger partial charge on any atom is 0.0230 e. The fourth-order valence-corrected chi connectivity index (χ4v) is 2.50. The first-order valence-corrected chi connectivity index (χ1v) is 4.71. The molecular weight excluding hydrogens is 140 g/mol. The summed E-state index contributed by atoms with van der Waals surface area (Å²) in [6.07, 6.45) is 8.05. The average molecular weight is 154 g/mol. The Morgan fingerprint density at radius 1 is 1.10 bits per heavy atom. The van der Waals surface area contributed by atoms with E-state index in [9.17, 15) is 0 Å². The maximum atomic E-state index is 3.80. The number of rotatable bonds is 2. The van der Waals surface area contributed by atoms with Crippen LogP contribution in [0.5, 0.6) is 0 Å². The third-order valence-electron chi connectivity index (χ3n) is 1.85. The van der Waals surface area contributed by atoms with Gasteiger partial charge in [-0.3, -0.25) is 0 Å². The lowest BCUT2D eigenvalue weighted by Crippen LogP contribution is -2.13. The zero-order valence-corrected chi connectivity index (χ0v) is 7.07. The first-order chi connectivity index (χ1) is 4.86. The van der Waals surface area contributed by atoms with E-state index >= 15 is 0 Å². The summed E-state index contributed by atoms with van der Waals surface area (Å²) in [7, 11) is 0. The summed E-state index contributed by atoms with van der Waals surface area (Å²) in [5.74, 6) is 0. The molecule has 1 heterocycles. The fourth-order valence-electron chi connectivity index (χ4n) is 1.23. The van der Waals surface area contributed by atoms with Gasteiger partial charge in [-0.05, 0) is 12.8 Å². The monoisotopic (exact) mass is 154 g/mol. The molecular formula is C9H14S. The molecule has 2 unspecified atom stereocenters. The molecule has 1 rings (SSSR count). The summed E-state index contributed by atoms with van der Waals surface area (Å²) >= 11 is 2.00. The van der Waals surface area contributed by atoms with Gasteiger partial charge in [0.05, 0.1) is 0 Å². The van der Waals surface area contributed by atoms with Crippen molar-refractivity contribution in [1.82, 2.24) is 0 Å². The van der Waals surface area contributed by atoms with E-state index in [2.05, 4.69) is 25.3 Å². The van der Waals surface area contributed by atoms with Gasteiger partial charge in [0.1, 0.15) is 0 Å². The van der Waals surface area contributed by atoms with E-state index in [0.29, 0.717) is 10.5 Å². The van der Waals surface area contributed by atoms with Gasteiger partial charge >= 0.3 is 0 Å². The highest BCUT2D eigenvalue weighted by Gasteiger charge is 2.16. The van der Waals surface area contributed by atoms with Crippen molar-refractivity contribution < 1.29 is 0 Å². The molecule has 2 atom stereocenters. The maximum absolute atomic E-state index is 3.80. The van der Waals surface area contributed by atoms with Gasteiger partial charge in [-0.25, -0.2) is 0 Å². The molecule has 10 heavy (non-hydrogen) atoms. The molecule has 0 N–H and O–H groups in total. The Labute approximate surface area is 67.4 Å². The zero-order chi connectivity index (χ0) is 7.40. The van der Waals surface area contributed by atoms with Crippen molar-refractivity contribution in [3.63, 3.8) is 0 Å². The van der Waals surface area contributed by atoms with Crippen molar-refractivity contribution >= 4 is 11.8 Å². The second-order valence-electron chi connectivity index (χ2n) is 2.62. The highest BCUT2D eigenvalue weighted by molar-refractivity contribution is 8.00. The van der Waals surface area contributed by atoms with Gasteiger partial charge in [0.15, 0.2) is 0 Å². The van der Waals surface area contributed by atoms with Gasteiger partial charge in [-0.2, -0.15) is 0 Å². The van der Waals surface area contributed by atoms with Gasteiger partial charge in [0.2, 0.25) is 0 Å². The average Bonchev–Trinajstić information content (AvgIpc) is 2.05. The first-order valence-electron chi connectivity index (χ1n) is 3.77. The highest BCUT2D eigenvalue weighted by atomic mass is 32.2. The van der Waals surface area contributed by atoms with Crippen molar-refractivity contribution in [2.24, 2.45) is 0 Å². The van der Waals surface area contributed by atoms with Crippen LogP contribution in [0.3, 0.4) is 0 Å². The normalized spacial score (nSPS) is 33.2. The first kappa shape index (κ1) is 7.93. The van der Waals surface area contributed by atoms with E-state index in [-0.39, 0.29) is 0 Å². The highest BCUT2D eigenvalue weighted by Crippen LogP contribution is 2.32. The van der Waals surface area contributed by atoms with E-state index in [1.807, 2.05) is 11.8 Å². The standard InChI is InChI=1S/C9H14S/c1-3-8-6-5-7-9(4-2)10-8/h3-4,8-9H,1-2,5-7H2. The lowest BCUT2D eigenvalue weighted by atomic mass is 10.1. The molecule has 0 aliphatic carbocycles. The Morgan fingerprint density at radius 2 is 1.60 bits per heavy atom. The third kappa shape index (κ3) is 1.91. The quantitative estimate of drug-likeness (QED) is 0.551. The van der Waals surface area contributed by atoms with Crippen molar-refractivity contribution in [2.45, 2.75) is 29.8 Å². The van der Waals surface area contributed by atoms with Crippen LogP contribution >= 0.6 is 11.8 Å². The molecule has 0 aromatic carbocycles. The number of hydrogen-bond acceptors (Lipinski definition) is 1. The smallest absolute Gasteiger partial charge is 0.0230 e. The Morgan fingerprint density at radius 3 is 2.00 bits per heavy atom. The Bertz CT molecular complexity index is 115. The molecule has 0 bridgehead atoms. The SMILES string of the molecule is C=CC1CCCC(C=C)S1. The van der Waals surface area contributed by atoms with E-state index in [0.717, 1.165) is 0 Å². The summed E-state index contributed by atoms with van der Waals surface area (Å²) in [4.78, 5) is 0. The lowest BCUT2D eigenvalue weighted by Gasteiger charge is -2.23. The van der Waals surface area contributed by atoms with E-state index in [4.69, 9.17) is 0 Å². The van der Waals surface area contributed by atoms with Crippen LogP contribution in [0.25, 0.3) is 0 Å². The van der Waals surface area contributed by atoms with Gasteiger partial charge in [0, 0.05) is 10.5 Å². The minimum Gasteiger partial charge on any atom is -0.147 e. The topological polar surface area (TPSA) is 0 Å². The van der Waals surface area contributed by atoms with Crippen molar-refractivity contribution in [1.29, 1.82) is 0 Å². The molecule has 0 aromatic heterocycles. The molecule has 1 heteroatoms. The second kappa shape index (κ2) is 3.87. The van der Waals surface area contributed by atoms with Crippen LogP contribution in [0, 0.1) is 0 Å². The molecule has 1 aliphatic rings. The third-order valence-corrected chi connectivity index (χ3v) is 3.41. The molecule has 1 aliphatic heterocycles. The van der Waals surface area contributed by atoms with E-state index in [1.54, 1.807) is 0 Å². The predicted octanol–water partition coefficient (Wildman–Crippen LogP) is 3.01. The minimum atomic E-state index is 0.678. The largest absolute Gasteiger partial charge is 0.147 e. The van der Waals surface area contributed by atoms with Crippen molar-refractivity contribution in [2.75, 3.05) is 0 Å². The molecule has 56 valence electrons. The van der Waals surface area contributed by atoms with Crippen LogP contribution in [0.2, 0.25) is 0 Å². The van der Waals surface area contributed by atoms with Gasteiger partial charge < -0.3 is 0 Å². The van der Waals surface area contributed by atoms with Crippen LogP contribution in [-0.4, -0.2) is 10.5 Å². The number of thioether (sulfide) groups is 1. The van der Waals surface area contributed by atoms with Gasteiger partial charge in [-0.15, -0.1) is 24.9 Å². The molecule has 0 spiro atoms. The number of hydrogen-bond donors (Lipinski definition) is 0. The van der Waals surface area contributed by atoms with E-state index in [1.165, 1.54) is 19.3 Å². The molecule has 0 aromatic rings. The fraction of sp³-hybridized carbons (Fsp3) is 0.556. The molecule has 1 fully saturated rings. The lowest BCUT2D eigenvalue weighted by molar-refractivity contribution is 0.683. The second-order valence-corrected chi connectivity index (χ2v) is 4.10. The van der Waals surface area contributed by atoms with Crippen molar-refractivity contribution in [3.8, 4) is 0 Å². The van der Waals surface area contributed by atoms with Crippen LogP contribution in [-0.2, 0) is 0 Å². The summed E-state index contributed by atoms with van der Waals surface area (Å²) in [5, 5.41) is 1.36. The van der Waals surface area contributed by atoms with Gasteiger partial charge in [-0.1, -0.05) is 18.6 Å². The molecule has 0 nitrogen and oxygen atoms in total. The van der Waals surface area contributed by atoms with E-state index < -0.39 is 0 Å². The Kier molecular flexibility index (Phi) is 3.07. The minimum absolute atomic E-state index is 0.678. The van der Waals surface area contributed by atoms with Crippen LogP contribution in [0.15, 0.2) is 25.3 Å².